The number of halogens is 1. The monoisotopic (exact) mass is 558 g/mol. The summed E-state index contributed by atoms with van der Waals surface area (Å²) in [7, 11) is 3.43. The number of nitrogens with zero attached hydrogens (tertiary/aromatic N) is 2. The molecule has 0 spiro atoms. The van der Waals surface area contributed by atoms with E-state index < -0.39 is 0 Å². The third kappa shape index (κ3) is 4.19. The summed E-state index contributed by atoms with van der Waals surface area (Å²) < 4.78 is 12.7. The lowest BCUT2D eigenvalue weighted by Gasteiger charge is -2.15. The Bertz CT molecular complexity index is 1240. The van der Waals surface area contributed by atoms with Crippen LogP contribution in [0, 0.1) is 3.57 Å². The highest BCUT2D eigenvalue weighted by atomic mass is 127. The zero-order valence-corrected chi connectivity index (χ0v) is 21.1. The van der Waals surface area contributed by atoms with Gasteiger partial charge in [-0.15, -0.1) is 0 Å². The molecule has 1 heterocycles. The fourth-order valence-electron chi connectivity index (χ4n) is 3.78. The smallest absolute Gasteiger partial charge is 0.276 e. The molecular formula is C25H23IN2O3S. The molecule has 1 aliphatic heterocycles. The number of ether oxygens (including phenoxy) is 2. The summed E-state index contributed by atoms with van der Waals surface area (Å²) in [4.78, 5) is 16.0. The van der Waals surface area contributed by atoms with Crippen LogP contribution in [-0.2, 0) is 11.4 Å². The van der Waals surface area contributed by atoms with E-state index >= 15 is 0 Å². The second kappa shape index (κ2) is 9.46. The highest BCUT2D eigenvalue weighted by molar-refractivity contribution is 14.1. The number of fused-ring (bicyclic) bond motifs is 1. The number of hydrogen-bond acceptors (Lipinski definition) is 4. The Kier molecular flexibility index (Phi) is 6.66. The van der Waals surface area contributed by atoms with Gasteiger partial charge in [-0.1, -0.05) is 42.5 Å². The van der Waals surface area contributed by atoms with E-state index in [9.17, 15) is 4.79 Å². The minimum Gasteiger partial charge on any atom is -0.493 e. The molecule has 0 bridgehead atoms. The quantitative estimate of drug-likeness (QED) is 0.229. The minimum absolute atomic E-state index is 0.0924. The minimum atomic E-state index is -0.0924. The van der Waals surface area contributed by atoms with Crippen molar-refractivity contribution in [2.45, 2.75) is 13.5 Å². The Morgan fingerprint density at radius 1 is 1.12 bits per heavy atom. The topological polar surface area (TPSA) is 42.0 Å². The molecule has 4 rings (SSSR count). The van der Waals surface area contributed by atoms with E-state index in [0.717, 1.165) is 14.7 Å². The first kappa shape index (κ1) is 22.5. The van der Waals surface area contributed by atoms with Crippen LogP contribution in [0.25, 0.3) is 16.8 Å². The highest BCUT2D eigenvalue weighted by Crippen LogP contribution is 2.36. The van der Waals surface area contributed by atoms with Crippen molar-refractivity contribution in [2.75, 3.05) is 20.7 Å². The summed E-state index contributed by atoms with van der Waals surface area (Å²) in [5, 5.41) is 2.87. The summed E-state index contributed by atoms with van der Waals surface area (Å²) >= 11 is 7.63. The Hall–Kier alpha value is -2.65. The fourth-order valence-corrected chi connectivity index (χ4v) is 4.87. The molecule has 164 valence electrons. The van der Waals surface area contributed by atoms with Gasteiger partial charge in [0.05, 0.1) is 10.7 Å². The van der Waals surface area contributed by atoms with E-state index in [1.165, 1.54) is 10.8 Å². The van der Waals surface area contributed by atoms with Crippen LogP contribution in [0.3, 0.4) is 0 Å². The lowest BCUT2D eigenvalue weighted by Crippen LogP contribution is -2.30. The number of likely N-dealkylation sites (N-methyl/N-ethyl adjacent to an activating group) is 2. The van der Waals surface area contributed by atoms with E-state index in [2.05, 4.69) is 46.9 Å². The number of rotatable bonds is 6. The summed E-state index contributed by atoms with van der Waals surface area (Å²) in [6, 6.07) is 18.3. The first-order chi connectivity index (χ1) is 15.4. The Morgan fingerprint density at radius 2 is 1.88 bits per heavy atom. The number of carbonyl (C=O) groups is 1. The van der Waals surface area contributed by atoms with Crippen LogP contribution in [0.15, 0.2) is 60.3 Å². The van der Waals surface area contributed by atoms with Crippen molar-refractivity contribution in [1.82, 2.24) is 9.80 Å². The largest absolute Gasteiger partial charge is 0.493 e. The number of amides is 1. The van der Waals surface area contributed by atoms with Crippen molar-refractivity contribution in [1.29, 1.82) is 0 Å². The second-order valence-corrected chi connectivity index (χ2v) is 8.91. The van der Waals surface area contributed by atoms with Crippen LogP contribution in [0.1, 0.15) is 18.1 Å². The summed E-state index contributed by atoms with van der Waals surface area (Å²) in [6.07, 6.45) is 1.84. The predicted octanol–water partition coefficient (Wildman–Crippen LogP) is 5.45. The van der Waals surface area contributed by atoms with E-state index in [1.54, 1.807) is 16.9 Å². The first-order valence-electron chi connectivity index (χ1n) is 10.2. The van der Waals surface area contributed by atoms with E-state index in [-0.39, 0.29) is 5.91 Å². The van der Waals surface area contributed by atoms with Crippen molar-refractivity contribution in [3.63, 3.8) is 0 Å². The average Bonchev–Trinajstić information content (AvgIpc) is 3.00. The normalized spacial score (nSPS) is 15.2. The van der Waals surface area contributed by atoms with Crippen LogP contribution in [-0.4, -0.2) is 41.5 Å². The van der Waals surface area contributed by atoms with E-state index in [4.69, 9.17) is 21.7 Å². The van der Waals surface area contributed by atoms with Gasteiger partial charge in [-0.25, -0.2) is 0 Å². The van der Waals surface area contributed by atoms with E-state index in [1.807, 2.05) is 50.4 Å². The molecule has 1 fully saturated rings. The van der Waals surface area contributed by atoms with Crippen molar-refractivity contribution in [2.24, 2.45) is 0 Å². The third-order valence-electron chi connectivity index (χ3n) is 5.47. The van der Waals surface area contributed by atoms with E-state index in [0.29, 0.717) is 35.5 Å². The molecule has 0 N–H and O–H groups in total. The zero-order chi connectivity index (χ0) is 22.8. The van der Waals surface area contributed by atoms with Gasteiger partial charge in [0.15, 0.2) is 16.6 Å². The van der Waals surface area contributed by atoms with Crippen molar-refractivity contribution in [3.8, 4) is 11.5 Å². The van der Waals surface area contributed by atoms with Gasteiger partial charge in [-0.3, -0.25) is 9.69 Å². The average molecular weight is 558 g/mol. The summed E-state index contributed by atoms with van der Waals surface area (Å²) in [5.41, 5.74) is 2.50. The first-order valence-corrected chi connectivity index (χ1v) is 11.7. The fraction of sp³-hybridized carbons (Fsp3) is 0.200. The molecule has 0 saturated carbocycles. The Labute approximate surface area is 206 Å². The maximum absolute atomic E-state index is 12.7. The Morgan fingerprint density at radius 3 is 2.59 bits per heavy atom. The highest BCUT2D eigenvalue weighted by Gasteiger charge is 2.34. The van der Waals surface area contributed by atoms with Gasteiger partial charge in [-0.05, 0) is 81.8 Å². The van der Waals surface area contributed by atoms with Crippen LogP contribution in [0.5, 0.6) is 11.5 Å². The molecule has 3 aromatic carbocycles. The maximum atomic E-state index is 12.7. The van der Waals surface area contributed by atoms with Gasteiger partial charge in [0.25, 0.3) is 5.91 Å². The van der Waals surface area contributed by atoms with Crippen LogP contribution in [0.2, 0.25) is 0 Å². The molecule has 0 aromatic heterocycles. The maximum Gasteiger partial charge on any atom is 0.276 e. The number of benzene rings is 3. The van der Waals surface area contributed by atoms with Gasteiger partial charge in [0.1, 0.15) is 12.3 Å². The molecule has 1 saturated heterocycles. The number of thiocarbonyl (C=S) groups is 1. The molecule has 1 amide bonds. The molecule has 0 atom stereocenters. The van der Waals surface area contributed by atoms with Crippen molar-refractivity contribution < 1.29 is 14.3 Å². The molecule has 32 heavy (non-hydrogen) atoms. The van der Waals surface area contributed by atoms with Crippen LogP contribution < -0.4 is 9.47 Å². The SMILES string of the molecule is CCN1C(=O)/C(=C/c2cc(I)c(OCc3cccc4ccccc34)c(OC)c2)N(C)C1=S. The van der Waals surface area contributed by atoms with Crippen LogP contribution in [0.4, 0.5) is 0 Å². The molecule has 3 aromatic rings. The second-order valence-electron chi connectivity index (χ2n) is 7.38. The summed E-state index contributed by atoms with van der Waals surface area (Å²) in [5.74, 6) is 1.21. The third-order valence-corrected chi connectivity index (χ3v) is 6.76. The molecule has 7 heteroatoms. The summed E-state index contributed by atoms with van der Waals surface area (Å²) in [6.45, 7) is 2.88. The predicted molar refractivity (Wildman–Crippen MR) is 140 cm³/mol. The number of methoxy groups -OCH3 is 1. The van der Waals surface area contributed by atoms with Gasteiger partial charge in [-0.2, -0.15) is 0 Å². The lowest BCUT2D eigenvalue weighted by molar-refractivity contribution is -0.122. The Balaban J connectivity index is 1.63. The van der Waals surface area contributed by atoms with Crippen molar-refractivity contribution in [3.05, 3.63) is 75.0 Å². The lowest BCUT2D eigenvalue weighted by atomic mass is 10.1. The van der Waals surface area contributed by atoms with Gasteiger partial charge in [0, 0.05) is 13.6 Å². The standard InChI is InChI=1S/C25H23IN2O3S/c1-4-28-24(29)21(27(2)25(28)32)13-16-12-20(26)23(22(14-16)30-3)31-15-18-10-7-9-17-8-5-6-11-19(17)18/h5-14H,4,15H2,1-3H3/b21-13-. The molecule has 0 aliphatic carbocycles. The zero-order valence-electron chi connectivity index (χ0n) is 18.1. The molecule has 0 radical (unpaired) electrons. The van der Waals surface area contributed by atoms with Gasteiger partial charge < -0.3 is 14.4 Å². The van der Waals surface area contributed by atoms with Gasteiger partial charge >= 0.3 is 0 Å². The molecular weight excluding hydrogens is 535 g/mol. The molecule has 5 nitrogen and oxygen atoms in total. The molecule has 1 aliphatic rings. The number of hydrogen-bond donors (Lipinski definition) is 0. The van der Waals surface area contributed by atoms with Crippen molar-refractivity contribution >= 4 is 62.7 Å². The number of carbonyl (C=O) groups excluding carboxylic acids is 1. The molecule has 0 unspecified atom stereocenters. The van der Waals surface area contributed by atoms with Gasteiger partial charge in [0.2, 0.25) is 0 Å². The van der Waals surface area contributed by atoms with Crippen LogP contribution >= 0.6 is 34.8 Å².